The van der Waals surface area contributed by atoms with Gasteiger partial charge >= 0.3 is 0 Å². The van der Waals surface area contributed by atoms with Crippen molar-refractivity contribution in [2.45, 2.75) is 25.4 Å². The Morgan fingerprint density at radius 3 is 2.55 bits per heavy atom. The number of aromatic nitrogens is 2. The zero-order valence-corrected chi connectivity index (χ0v) is 17.1. The Morgan fingerprint density at radius 1 is 1.16 bits per heavy atom. The monoisotopic (exact) mass is 413 g/mol. The summed E-state index contributed by atoms with van der Waals surface area (Å²) in [5.74, 6) is 1.51. The van der Waals surface area contributed by atoms with Gasteiger partial charge in [-0.3, -0.25) is 4.79 Å². The van der Waals surface area contributed by atoms with Crippen molar-refractivity contribution >= 4 is 11.7 Å². The number of nitrogens with two attached hydrogens (primary N) is 1. The van der Waals surface area contributed by atoms with Gasteiger partial charge in [0.1, 0.15) is 40.8 Å². The van der Waals surface area contributed by atoms with E-state index in [0.717, 1.165) is 30.6 Å². The summed E-state index contributed by atoms with van der Waals surface area (Å²) in [6.07, 6.45) is 3.56. The van der Waals surface area contributed by atoms with Crippen LogP contribution in [0.5, 0.6) is 11.5 Å². The van der Waals surface area contributed by atoms with Crippen molar-refractivity contribution in [2.24, 2.45) is 0 Å². The molecule has 4 rings (SSSR count). The number of nitrogen functional groups attached to an aromatic ring is 1. The van der Waals surface area contributed by atoms with Gasteiger partial charge in [0.15, 0.2) is 0 Å². The summed E-state index contributed by atoms with van der Waals surface area (Å²) in [6, 6.07) is 19.0. The second-order valence-corrected chi connectivity index (χ2v) is 7.32. The Morgan fingerprint density at radius 2 is 1.87 bits per heavy atom. The number of likely N-dealkylation sites (tertiary alicyclic amines) is 1. The normalized spacial score (nSPS) is 15.8. The lowest BCUT2D eigenvalue weighted by molar-refractivity contribution is -0.132. The van der Waals surface area contributed by atoms with Crippen LogP contribution in [0.25, 0.3) is 11.3 Å². The molecule has 0 saturated carbocycles. The van der Waals surface area contributed by atoms with E-state index in [9.17, 15) is 10.1 Å². The maximum Gasteiger partial charge on any atom is 0.247 e. The second-order valence-electron chi connectivity index (χ2n) is 7.32. The maximum absolute atomic E-state index is 12.3. The van der Waals surface area contributed by atoms with Gasteiger partial charge in [0, 0.05) is 12.1 Å². The molecule has 1 saturated heterocycles. The number of ether oxygens (including phenoxy) is 1. The van der Waals surface area contributed by atoms with Crippen molar-refractivity contribution in [3.05, 3.63) is 72.8 Å². The molecule has 156 valence electrons. The van der Waals surface area contributed by atoms with Gasteiger partial charge in [-0.25, -0.2) is 4.68 Å². The molecule has 0 aliphatic carbocycles. The minimum atomic E-state index is -0.333. The Hall–Kier alpha value is -4.05. The minimum Gasteiger partial charge on any atom is -0.457 e. The molecule has 0 radical (unpaired) electrons. The molecule has 0 spiro atoms. The maximum atomic E-state index is 12.3. The largest absolute Gasteiger partial charge is 0.457 e. The highest BCUT2D eigenvalue weighted by Gasteiger charge is 2.30. The molecule has 2 N–H and O–H groups in total. The summed E-state index contributed by atoms with van der Waals surface area (Å²) in [6.45, 7) is 4.20. The first kappa shape index (κ1) is 20.2. The van der Waals surface area contributed by atoms with E-state index in [0.29, 0.717) is 23.6 Å². The summed E-state index contributed by atoms with van der Waals surface area (Å²) in [7, 11) is 0. The Labute approximate surface area is 181 Å². The van der Waals surface area contributed by atoms with Crippen LogP contribution < -0.4 is 10.5 Å². The Balaban J connectivity index is 1.66. The highest BCUT2D eigenvalue weighted by molar-refractivity contribution is 5.87. The summed E-state index contributed by atoms with van der Waals surface area (Å²) >= 11 is 0. The number of amides is 1. The van der Waals surface area contributed by atoms with Crippen LogP contribution >= 0.6 is 0 Å². The van der Waals surface area contributed by atoms with E-state index >= 15 is 0 Å². The van der Waals surface area contributed by atoms with E-state index < -0.39 is 0 Å². The molecule has 7 heteroatoms. The van der Waals surface area contributed by atoms with Gasteiger partial charge in [0.05, 0.1) is 0 Å². The van der Waals surface area contributed by atoms with Crippen LogP contribution in [0.2, 0.25) is 0 Å². The van der Waals surface area contributed by atoms with E-state index in [1.807, 2.05) is 54.6 Å². The number of hydrogen-bond acceptors (Lipinski definition) is 5. The van der Waals surface area contributed by atoms with E-state index in [2.05, 4.69) is 17.7 Å². The SMILES string of the molecule is C=CC(=O)N1CCCC[C@H]1n1nc(-c2ccc(Oc3ccccc3)cc2)c(C#N)c1N. The van der Waals surface area contributed by atoms with Crippen LogP contribution in [0.1, 0.15) is 31.0 Å². The van der Waals surface area contributed by atoms with E-state index in [1.165, 1.54) is 6.08 Å². The van der Waals surface area contributed by atoms with Gasteiger partial charge in [0.2, 0.25) is 5.91 Å². The molecule has 1 amide bonds. The highest BCUT2D eigenvalue weighted by Crippen LogP contribution is 2.34. The molecule has 0 unspecified atom stereocenters. The van der Waals surface area contributed by atoms with Crippen LogP contribution in [0.4, 0.5) is 5.82 Å². The fourth-order valence-corrected chi connectivity index (χ4v) is 3.83. The smallest absolute Gasteiger partial charge is 0.247 e. The lowest BCUT2D eigenvalue weighted by Crippen LogP contribution is -2.41. The molecule has 1 atom stereocenters. The molecule has 1 aliphatic rings. The Kier molecular flexibility index (Phi) is 5.72. The quantitative estimate of drug-likeness (QED) is 0.622. The zero-order valence-electron chi connectivity index (χ0n) is 17.1. The summed E-state index contributed by atoms with van der Waals surface area (Å²) in [4.78, 5) is 14.0. The van der Waals surface area contributed by atoms with Crippen molar-refractivity contribution in [3.63, 3.8) is 0 Å². The molecule has 0 bridgehead atoms. The molecular weight excluding hydrogens is 390 g/mol. The van der Waals surface area contributed by atoms with Crippen molar-refractivity contribution in [3.8, 4) is 28.8 Å². The van der Waals surface area contributed by atoms with Gasteiger partial charge in [-0.15, -0.1) is 0 Å². The predicted molar refractivity (Wildman–Crippen MR) is 118 cm³/mol. The number of carbonyl (C=O) groups excluding carboxylic acids is 1. The second kappa shape index (κ2) is 8.76. The van der Waals surface area contributed by atoms with E-state index in [1.54, 1.807) is 9.58 Å². The topological polar surface area (TPSA) is 97.2 Å². The molecule has 1 aromatic heterocycles. The number of nitriles is 1. The van der Waals surface area contributed by atoms with Crippen molar-refractivity contribution in [2.75, 3.05) is 12.3 Å². The molecule has 1 fully saturated rings. The molecule has 2 aromatic carbocycles. The summed E-state index contributed by atoms with van der Waals surface area (Å²) < 4.78 is 7.43. The van der Waals surface area contributed by atoms with Crippen LogP contribution in [0.3, 0.4) is 0 Å². The minimum absolute atomic E-state index is 0.165. The standard InChI is InChI=1S/C24H23N5O2/c1-2-22(30)28-15-7-6-10-21(28)29-24(26)20(16-25)23(27-29)17-11-13-19(14-12-17)31-18-8-4-3-5-9-18/h2-5,8-9,11-14,21H,1,6-7,10,15,26H2/t21-/m1/s1. The summed E-state index contributed by atoms with van der Waals surface area (Å²) in [5, 5.41) is 14.4. The van der Waals surface area contributed by atoms with E-state index in [4.69, 9.17) is 10.5 Å². The number of nitrogens with zero attached hydrogens (tertiary/aromatic N) is 4. The van der Waals surface area contributed by atoms with Gasteiger partial charge in [0.25, 0.3) is 0 Å². The average molecular weight is 413 g/mol. The first-order chi connectivity index (χ1) is 15.1. The van der Waals surface area contributed by atoms with Gasteiger partial charge in [-0.2, -0.15) is 10.4 Å². The number of hydrogen-bond donors (Lipinski definition) is 1. The third kappa shape index (κ3) is 4.01. The molecule has 1 aliphatic heterocycles. The predicted octanol–water partition coefficient (Wildman–Crippen LogP) is 4.49. The third-order valence-corrected chi connectivity index (χ3v) is 5.38. The lowest BCUT2D eigenvalue weighted by atomic mass is 10.1. The lowest BCUT2D eigenvalue weighted by Gasteiger charge is -2.35. The summed E-state index contributed by atoms with van der Waals surface area (Å²) in [5.41, 5.74) is 7.85. The molecule has 7 nitrogen and oxygen atoms in total. The first-order valence-electron chi connectivity index (χ1n) is 10.2. The number of rotatable bonds is 5. The molecule has 3 aromatic rings. The first-order valence-corrected chi connectivity index (χ1v) is 10.2. The Bertz CT molecular complexity index is 1130. The molecule has 2 heterocycles. The number of piperidine rings is 1. The molecule has 31 heavy (non-hydrogen) atoms. The van der Waals surface area contributed by atoms with Gasteiger partial charge < -0.3 is 15.4 Å². The molecular formula is C24H23N5O2. The van der Waals surface area contributed by atoms with Gasteiger partial charge in [-0.1, -0.05) is 24.8 Å². The van der Waals surface area contributed by atoms with Crippen LogP contribution in [-0.2, 0) is 4.79 Å². The van der Waals surface area contributed by atoms with E-state index in [-0.39, 0.29) is 17.9 Å². The number of carbonyl (C=O) groups is 1. The average Bonchev–Trinajstić information content (AvgIpc) is 3.15. The zero-order chi connectivity index (χ0) is 21.8. The van der Waals surface area contributed by atoms with Crippen molar-refractivity contribution < 1.29 is 9.53 Å². The highest BCUT2D eigenvalue weighted by atomic mass is 16.5. The fourth-order valence-electron chi connectivity index (χ4n) is 3.83. The number of benzene rings is 2. The fraction of sp³-hybridized carbons (Fsp3) is 0.208. The van der Waals surface area contributed by atoms with Crippen molar-refractivity contribution in [1.82, 2.24) is 14.7 Å². The third-order valence-electron chi connectivity index (χ3n) is 5.38. The number of para-hydroxylation sites is 1. The number of anilines is 1. The van der Waals surface area contributed by atoms with Crippen molar-refractivity contribution in [1.29, 1.82) is 5.26 Å². The van der Waals surface area contributed by atoms with Crippen LogP contribution in [0.15, 0.2) is 67.3 Å². The van der Waals surface area contributed by atoms with Crippen LogP contribution in [-0.4, -0.2) is 27.1 Å². The van der Waals surface area contributed by atoms with Crippen LogP contribution in [0, 0.1) is 11.3 Å². The van der Waals surface area contributed by atoms with Gasteiger partial charge in [-0.05, 0) is 61.7 Å².